The van der Waals surface area contributed by atoms with E-state index in [0.717, 1.165) is 4.90 Å². The van der Waals surface area contributed by atoms with Crippen molar-refractivity contribution in [1.29, 1.82) is 5.26 Å². The molecule has 1 fully saturated rings. The van der Waals surface area contributed by atoms with Crippen molar-refractivity contribution >= 4 is 23.6 Å². The van der Waals surface area contributed by atoms with Gasteiger partial charge in [0.25, 0.3) is 0 Å². The van der Waals surface area contributed by atoms with Gasteiger partial charge in [-0.3, -0.25) is 4.79 Å². The standard InChI is InChI=1S/C17H18F3N3O3S/c1-3-11-9(2)14(17(18,19)20)10(7-21)15(22-11)27-8-13(24)23-6-4-5-12(23)16(25)26/h12H,3-6,8H2,1-2H3,(H,25,26)/p-1/t12-/m1/s1. The molecule has 10 heteroatoms. The van der Waals surface area contributed by atoms with Crippen LogP contribution in [0.4, 0.5) is 13.2 Å². The number of thioether (sulfide) groups is 1. The first-order valence-corrected chi connectivity index (χ1v) is 9.24. The van der Waals surface area contributed by atoms with Crippen molar-refractivity contribution in [2.75, 3.05) is 12.3 Å². The lowest BCUT2D eigenvalue weighted by molar-refractivity contribution is -0.310. The van der Waals surface area contributed by atoms with Crippen LogP contribution in [0.5, 0.6) is 0 Å². The minimum Gasteiger partial charge on any atom is -0.548 e. The molecule has 2 heterocycles. The number of alkyl halides is 3. The highest BCUT2D eigenvalue weighted by Crippen LogP contribution is 2.39. The number of pyridine rings is 1. The Bertz CT molecular complexity index is 805. The molecule has 0 aliphatic carbocycles. The van der Waals surface area contributed by atoms with Crippen LogP contribution in [0.2, 0.25) is 0 Å². The van der Waals surface area contributed by atoms with Gasteiger partial charge < -0.3 is 14.8 Å². The van der Waals surface area contributed by atoms with Crippen LogP contribution < -0.4 is 5.11 Å². The maximum Gasteiger partial charge on any atom is 0.418 e. The summed E-state index contributed by atoms with van der Waals surface area (Å²) in [6.45, 7) is 3.16. The molecule has 1 aliphatic rings. The number of rotatable bonds is 5. The molecule has 1 saturated heterocycles. The number of likely N-dealkylation sites (tertiary alicyclic amines) is 1. The van der Waals surface area contributed by atoms with Gasteiger partial charge in [0.15, 0.2) is 0 Å². The van der Waals surface area contributed by atoms with Gasteiger partial charge in [-0.15, -0.1) is 0 Å². The van der Waals surface area contributed by atoms with Crippen LogP contribution in [0, 0.1) is 18.3 Å². The first-order valence-electron chi connectivity index (χ1n) is 8.25. The van der Waals surface area contributed by atoms with Crippen molar-refractivity contribution in [3.63, 3.8) is 0 Å². The third kappa shape index (κ3) is 4.35. The van der Waals surface area contributed by atoms with Crippen molar-refractivity contribution in [2.45, 2.75) is 50.4 Å². The molecule has 2 rings (SSSR count). The number of aromatic nitrogens is 1. The van der Waals surface area contributed by atoms with E-state index in [1.165, 1.54) is 6.92 Å². The van der Waals surface area contributed by atoms with Gasteiger partial charge >= 0.3 is 6.18 Å². The molecule has 0 unspecified atom stereocenters. The van der Waals surface area contributed by atoms with Crippen LogP contribution in [0.3, 0.4) is 0 Å². The van der Waals surface area contributed by atoms with E-state index in [-0.39, 0.29) is 41.4 Å². The summed E-state index contributed by atoms with van der Waals surface area (Å²) >= 11 is 0.711. The Morgan fingerprint density at radius 2 is 2.11 bits per heavy atom. The van der Waals surface area contributed by atoms with E-state index in [1.54, 1.807) is 13.0 Å². The lowest BCUT2D eigenvalue weighted by Gasteiger charge is -2.25. The highest BCUT2D eigenvalue weighted by molar-refractivity contribution is 8.00. The molecule has 1 atom stereocenters. The van der Waals surface area contributed by atoms with E-state index in [4.69, 9.17) is 0 Å². The fraction of sp³-hybridized carbons (Fsp3) is 0.529. The van der Waals surface area contributed by atoms with E-state index < -0.39 is 35.2 Å². The Hall–Kier alpha value is -2.28. The number of amides is 1. The number of halogens is 3. The van der Waals surface area contributed by atoms with Gasteiger partial charge in [0.2, 0.25) is 5.91 Å². The molecular weight excluding hydrogens is 383 g/mol. The number of carboxylic acids is 1. The molecule has 146 valence electrons. The molecule has 1 amide bonds. The van der Waals surface area contributed by atoms with E-state index in [9.17, 15) is 33.1 Å². The van der Waals surface area contributed by atoms with Crippen LogP contribution in [0.15, 0.2) is 5.03 Å². The fourth-order valence-electron chi connectivity index (χ4n) is 3.13. The predicted molar refractivity (Wildman–Crippen MR) is 88.5 cm³/mol. The van der Waals surface area contributed by atoms with Crippen molar-refractivity contribution in [1.82, 2.24) is 9.88 Å². The topological polar surface area (TPSA) is 97.1 Å². The first-order chi connectivity index (χ1) is 12.6. The molecule has 27 heavy (non-hydrogen) atoms. The van der Waals surface area contributed by atoms with Crippen molar-refractivity contribution in [3.05, 3.63) is 22.4 Å². The van der Waals surface area contributed by atoms with E-state index in [0.29, 0.717) is 18.2 Å². The number of aryl methyl sites for hydroxylation is 1. The van der Waals surface area contributed by atoms with Gasteiger partial charge in [-0.25, -0.2) is 4.98 Å². The summed E-state index contributed by atoms with van der Waals surface area (Å²) in [4.78, 5) is 28.7. The van der Waals surface area contributed by atoms with Crippen molar-refractivity contribution in [2.24, 2.45) is 0 Å². The summed E-state index contributed by atoms with van der Waals surface area (Å²) in [5.41, 5.74) is -1.56. The monoisotopic (exact) mass is 400 g/mol. The number of hydrogen-bond donors (Lipinski definition) is 0. The summed E-state index contributed by atoms with van der Waals surface area (Å²) in [6.07, 6.45) is -3.69. The van der Waals surface area contributed by atoms with Crippen LogP contribution >= 0.6 is 11.8 Å². The lowest BCUT2D eigenvalue weighted by atomic mass is 10.0. The van der Waals surface area contributed by atoms with Gasteiger partial charge in [0, 0.05) is 12.2 Å². The SMILES string of the molecule is CCc1nc(SCC(=O)N2CCC[C@@H]2C(=O)[O-])c(C#N)c(C(F)(F)F)c1C. The Morgan fingerprint density at radius 3 is 2.63 bits per heavy atom. The van der Waals surface area contributed by atoms with E-state index >= 15 is 0 Å². The molecule has 0 spiro atoms. The Kier molecular flexibility index (Phi) is 6.36. The summed E-state index contributed by atoms with van der Waals surface area (Å²) in [7, 11) is 0. The van der Waals surface area contributed by atoms with Crippen molar-refractivity contribution < 1.29 is 27.9 Å². The molecule has 0 radical (unpaired) electrons. The zero-order valence-corrected chi connectivity index (χ0v) is 15.5. The average molecular weight is 400 g/mol. The Labute approximate surface area is 158 Å². The average Bonchev–Trinajstić information content (AvgIpc) is 3.08. The molecular formula is C17H17F3N3O3S-. The molecule has 0 N–H and O–H groups in total. The second kappa shape index (κ2) is 8.17. The van der Waals surface area contributed by atoms with Crippen LogP contribution in [0.25, 0.3) is 0 Å². The van der Waals surface area contributed by atoms with Crippen LogP contribution in [-0.4, -0.2) is 40.1 Å². The van der Waals surface area contributed by atoms with Crippen LogP contribution in [-0.2, 0) is 22.2 Å². The summed E-state index contributed by atoms with van der Waals surface area (Å²) in [5.74, 6) is -2.20. The molecule has 6 nitrogen and oxygen atoms in total. The van der Waals surface area contributed by atoms with E-state index in [2.05, 4.69) is 4.98 Å². The largest absolute Gasteiger partial charge is 0.548 e. The number of carbonyl (C=O) groups excluding carboxylic acids is 2. The molecule has 1 aromatic rings. The Morgan fingerprint density at radius 1 is 1.44 bits per heavy atom. The number of nitrogens with zero attached hydrogens (tertiary/aromatic N) is 3. The zero-order chi connectivity index (χ0) is 20.4. The first kappa shape index (κ1) is 21.0. The van der Waals surface area contributed by atoms with Gasteiger partial charge in [-0.1, -0.05) is 18.7 Å². The fourth-order valence-corrected chi connectivity index (χ4v) is 4.02. The highest BCUT2D eigenvalue weighted by Gasteiger charge is 2.38. The molecule has 0 bridgehead atoms. The number of aliphatic carboxylic acids is 1. The minimum absolute atomic E-state index is 0.103. The summed E-state index contributed by atoms with van der Waals surface area (Å²) in [6, 6.07) is 0.520. The highest BCUT2D eigenvalue weighted by atomic mass is 32.2. The van der Waals surface area contributed by atoms with Crippen LogP contribution in [0.1, 0.15) is 42.1 Å². The van der Waals surface area contributed by atoms with Gasteiger partial charge in [0.05, 0.1) is 28.9 Å². The molecule has 1 aromatic heterocycles. The third-order valence-electron chi connectivity index (χ3n) is 4.42. The normalized spacial score (nSPS) is 17.0. The van der Waals surface area contributed by atoms with Gasteiger partial charge in [0.1, 0.15) is 11.1 Å². The second-order valence-electron chi connectivity index (χ2n) is 6.05. The van der Waals surface area contributed by atoms with Gasteiger partial charge in [-0.2, -0.15) is 18.4 Å². The third-order valence-corrected chi connectivity index (χ3v) is 5.38. The van der Waals surface area contributed by atoms with E-state index in [1.807, 2.05) is 0 Å². The number of nitriles is 1. The summed E-state index contributed by atoms with van der Waals surface area (Å²) in [5, 5.41) is 20.2. The second-order valence-corrected chi connectivity index (χ2v) is 7.02. The number of carbonyl (C=O) groups is 2. The Balaban J connectivity index is 2.32. The minimum atomic E-state index is -4.73. The quantitative estimate of drug-likeness (QED) is 0.698. The predicted octanol–water partition coefficient (Wildman–Crippen LogP) is 1.68. The lowest BCUT2D eigenvalue weighted by Crippen LogP contribution is -2.47. The van der Waals surface area contributed by atoms with Crippen molar-refractivity contribution in [3.8, 4) is 6.07 Å². The molecule has 1 aliphatic heterocycles. The summed E-state index contributed by atoms with van der Waals surface area (Å²) < 4.78 is 40.3. The molecule has 0 aromatic carbocycles. The maximum absolute atomic E-state index is 13.4. The molecule has 0 saturated carbocycles. The maximum atomic E-state index is 13.4. The number of carboxylic acid groups (broad SMARTS) is 1. The smallest absolute Gasteiger partial charge is 0.418 e. The number of hydrogen-bond acceptors (Lipinski definition) is 6. The van der Waals surface area contributed by atoms with Gasteiger partial charge in [-0.05, 0) is 31.7 Å². The zero-order valence-electron chi connectivity index (χ0n) is 14.7.